The van der Waals surface area contributed by atoms with Crippen molar-refractivity contribution in [1.29, 1.82) is 0 Å². The maximum Gasteiger partial charge on any atom is 0.287 e. The molecule has 0 bridgehead atoms. The van der Waals surface area contributed by atoms with E-state index in [1.165, 1.54) is 4.90 Å². The SMILES string of the molecule is C=CC(=O)N[C@H](C(=O)N1CC[C@H](C)[C@H]1C(=O)NC(CC1CC1)C(=O)C(N)=O)C(C)(C)C. The molecule has 31 heavy (non-hydrogen) atoms. The van der Waals surface area contributed by atoms with Gasteiger partial charge < -0.3 is 21.3 Å². The second-order valence-electron chi connectivity index (χ2n) is 9.72. The monoisotopic (exact) mass is 434 g/mol. The molecule has 9 nitrogen and oxygen atoms in total. The van der Waals surface area contributed by atoms with Gasteiger partial charge in [0, 0.05) is 6.54 Å². The molecular weight excluding hydrogens is 400 g/mol. The highest BCUT2D eigenvalue weighted by molar-refractivity contribution is 6.37. The van der Waals surface area contributed by atoms with E-state index in [0.29, 0.717) is 19.4 Å². The van der Waals surface area contributed by atoms with Gasteiger partial charge in [-0.25, -0.2) is 0 Å². The number of nitrogens with zero attached hydrogens (tertiary/aromatic N) is 1. The molecule has 0 spiro atoms. The summed E-state index contributed by atoms with van der Waals surface area (Å²) >= 11 is 0. The number of amides is 4. The first-order valence-electron chi connectivity index (χ1n) is 10.7. The fourth-order valence-electron chi connectivity index (χ4n) is 3.96. The molecule has 172 valence electrons. The minimum atomic E-state index is -1.08. The van der Waals surface area contributed by atoms with Crippen LogP contribution in [0.4, 0.5) is 0 Å². The normalized spacial score (nSPS) is 22.9. The molecule has 0 aromatic heterocycles. The van der Waals surface area contributed by atoms with E-state index < -0.39 is 47.0 Å². The van der Waals surface area contributed by atoms with Crippen molar-refractivity contribution in [2.24, 2.45) is 23.0 Å². The highest BCUT2D eigenvalue weighted by Gasteiger charge is 2.45. The first-order valence-corrected chi connectivity index (χ1v) is 10.7. The molecule has 4 amide bonds. The average molecular weight is 435 g/mol. The summed E-state index contributed by atoms with van der Waals surface area (Å²) in [7, 11) is 0. The number of nitrogens with two attached hydrogens (primary N) is 1. The van der Waals surface area contributed by atoms with Crippen molar-refractivity contribution in [3.05, 3.63) is 12.7 Å². The number of Topliss-reactive ketones (excluding diaryl/α,β-unsaturated/α-hetero) is 1. The highest BCUT2D eigenvalue weighted by atomic mass is 16.2. The lowest BCUT2D eigenvalue weighted by Crippen LogP contribution is -2.59. The number of hydrogen-bond donors (Lipinski definition) is 3. The van der Waals surface area contributed by atoms with Crippen molar-refractivity contribution in [3.8, 4) is 0 Å². The Morgan fingerprint density at radius 2 is 1.74 bits per heavy atom. The van der Waals surface area contributed by atoms with Crippen molar-refractivity contribution in [2.45, 2.75) is 71.5 Å². The third kappa shape index (κ3) is 6.15. The van der Waals surface area contributed by atoms with Gasteiger partial charge in [0.15, 0.2) is 0 Å². The van der Waals surface area contributed by atoms with Gasteiger partial charge >= 0.3 is 0 Å². The van der Waals surface area contributed by atoms with Crippen molar-refractivity contribution < 1.29 is 24.0 Å². The van der Waals surface area contributed by atoms with Gasteiger partial charge in [-0.1, -0.05) is 47.1 Å². The Hall–Kier alpha value is -2.71. The molecule has 4 atom stereocenters. The number of carbonyl (C=O) groups excluding carboxylic acids is 5. The van der Waals surface area contributed by atoms with Crippen LogP contribution < -0.4 is 16.4 Å². The molecular formula is C22H34N4O5. The van der Waals surface area contributed by atoms with Crippen LogP contribution in [0.1, 0.15) is 53.4 Å². The zero-order chi connectivity index (χ0) is 23.5. The van der Waals surface area contributed by atoms with E-state index >= 15 is 0 Å². The smallest absolute Gasteiger partial charge is 0.287 e. The van der Waals surface area contributed by atoms with Gasteiger partial charge in [-0.2, -0.15) is 0 Å². The standard InChI is InChI=1S/C22H34N4O5/c1-6-15(27)25-18(22(3,4)5)21(31)26-10-9-12(2)16(26)20(30)24-14(11-13-7-8-13)17(28)19(23)29/h6,12-14,16,18H,1,7-11H2,2-5H3,(H2,23,29)(H,24,30)(H,25,27)/t12-,14?,16-,18+/m0/s1. The predicted molar refractivity (Wildman–Crippen MR) is 114 cm³/mol. The molecule has 1 aliphatic carbocycles. The Morgan fingerprint density at radius 3 is 2.23 bits per heavy atom. The Balaban J connectivity index is 2.22. The third-order valence-electron chi connectivity index (χ3n) is 5.98. The minimum absolute atomic E-state index is 0.148. The molecule has 0 radical (unpaired) electrons. The van der Waals surface area contributed by atoms with E-state index in [1.807, 2.05) is 27.7 Å². The summed E-state index contributed by atoms with van der Waals surface area (Å²) in [6, 6.07) is -2.64. The van der Waals surface area contributed by atoms with Crippen LogP contribution in [0.15, 0.2) is 12.7 Å². The zero-order valence-corrected chi connectivity index (χ0v) is 18.8. The average Bonchev–Trinajstić information content (AvgIpc) is 3.41. The molecule has 2 rings (SSSR count). The van der Waals surface area contributed by atoms with Crippen molar-refractivity contribution in [2.75, 3.05) is 6.54 Å². The summed E-state index contributed by atoms with van der Waals surface area (Å²) < 4.78 is 0. The number of nitrogens with one attached hydrogen (secondary N) is 2. The Bertz CT molecular complexity index is 768. The summed E-state index contributed by atoms with van der Waals surface area (Å²) in [6.07, 6.45) is 3.95. The van der Waals surface area contributed by atoms with Gasteiger partial charge in [-0.05, 0) is 36.2 Å². The quantitative estimate of drug-likeness (QED) is 0.353. The van der Waals surface area contributed by atoms with Gasteiger partial charge in [0.1, 0.15) is 12.1 Å². The fraction of sp³-hybridized carbons (Fsp3) is 0.682. The van der Waals surface area contributed by atoms with Crippen LogP contribution in [-0.4, -0.2) is 59.0 Å². The van der Waals surface area contributed by atoms with Crippen LogP contribution in [0.3, 0.4) is 0 Å². The molecule has 1 heterocycles. The summed E-state index contributed by atoms with van der Waals surface area (Å²) in [6.45, 7) is 11.1. The summed E-state index contributed by atoms with van der Waals surface area (Å²) in [4.78, 5) is 63.5. The molecule has 1 unspecified atom stereocenters. The van der Waals surface area contributed by atoms with E-state index in [0.717, 1.165) is 18.9 Å². The highest BCUT2D eigenvalue weighted by Crippen LogP contribution is 2.34. The summed E-state index contributed by atoms with van der Waals surface area (Å²) in [5.41, 5.74) is 4.56. The lowest BCUT2D eigenvalue weighted by atomic mass is 9.85. The van der Waals surface area contributed by atoms with Crippen LogP contribution in [-0.2, 0) is 24.0 Å². The van der Waals surface area contributed by atoms with Crippen LogP contribution in [0.5, 0.6) is 0 Å². The molecule has 1 saturated carbocycles. The fourth-order valence-corrected chi connectivity index (χ4v) is 3.96. The molecule has 4 N–H and O–H groups in total. The minimum Gasteiger partial charge on any atom is -0.363 e. The van der Waals surface area contributed by atoms with E-state index in [9.17, 15) is 24.0 Å². The van der Waals surface area contributed by atoms with Crippen LogP contribution in [0, 0.1) is 17.3 Å². The third-order valence-corrected chi connectivity index (χ3v) is 5.98. The number of carbonyl (C=O) groups is 5. The van der Waals surface area contributed by atoms with Crippen molar-refractivity contribution in [1.82, 2.24) is 15.5 Å². The zero-order valence-electron chi connectivity index (χ0n) is 18.8. The van der Waals surface area contributed by atoms with Gasteiger partial charge in [0.25, 0.3) is 5.91 Å². The van der Waals surface area contributed by atoms with Gasteiger partial charge in [0.05, 0.1) is 6.04 Å². The number of ketones is 1. The van der Waals surface area contributed by atoms with Crippen LogP contribution in [0.2, 0.25) is 0 Å². The summed E-state index contributed by atoms with van der Waals surface area (Å²) in [5.74, 6) is -3.10. The Kier molecular flexibility index (Phi) is 7.62. The Morgan fingerprint density at radius 1 is 1.13 bits per heavy atom. The van der Waals surface area contributed by atoms with Crippen molar-refractivity contribution >= 4 is 29.4 Å². The van der Waals surface area contributed by atoms with Gasteiger partial charge in [-0.3, -0.25) is 24.0 Å². The number of hydrogen-bond acceptors (Lipinski definition) is 5. The topological polar surface area (TPSA) is 139 Å². The molecule has 0 aromatic carbocycles. The number of likely N-dealkylation sites (tertiary alicyclic amines) is 1. The van der Waals surface area contributed by atoms with E-state index in [2.05, 4.69) is 17.2 Å². The predicted octanol–water partition coefficient (Wildman–Crippen LogP) is 0.280. The number of rotatable bonds is 9. The molecule has 1 aliphatic heterocycles. The lowest BCUT2D eigenvalue weighted by molar-refractivity contribution is -0.145. The maximum absolute atomic E-state index is 13.4. The van der Waals surface area contributed by atoms with Crippen molar-refractivity contribution in [3.63, 3.8) is 0 Å². The molecule has 9 heteroatoms. The lowest BCUT2D eigenvalue weighted by Gasteiger charge is -2.36. The van der Waals surface area contributed by atoms with E-state index in [-0.39, 0.29) is 17.7 Å². The number of primary amides is 1. The Labute approximate surface area is 183 Å². The molecule has 1 saturated heterocycles. The summed E-state index contributed by atoms with van der Waals surface area (Å²) in [5, 5.41) is 5.34. The molecule has 0 aromatic rings. The first kappa shape index (κ1) is 24.6. The van der Waals surface area contributed by atoms with Gasteiger partial charge in [-0.15, -0.1) is 0 Å². The van der Waals surface area contributed by atoms with E-state index in [1.54, 1.807) is 0 Å². The van der Waals surface area contributed by atoms with Gasteiger partial charge in [0.2, 0.25) is 23.5 Å². The molecule has 2 aliphatic rings. The largest absolute Gasteiger partial charge is 0.363 e. The van der Waals surface area contributed by atoms with Crippen LogP contribution >= 0.6 is 0 Å². The second kappa shape index (κ2) is 9.62. The molecule has 2 fully saturated rings. The van der Waals surface area contributed by atoms with E-state index in [4.69, 9.17) is 5.73 Å². The van der Waals surface area contributed by atoms with Crippen LogP contribution in [0.25, 0.3) is 0 Å². The second-order valence-corrected chi connectivity index (χ2v) is 9.72. The first-order chi connectivity index (χ1) is 14.4. The maximum atomic E-state index is 13.4.